The average Bonchev–Trinajstić information content (AvgIpc) is 2.65. The Balaban J connectivity index is 2.31. The van der Waals surface area contributed by atoms with E-state index in [1.165, 1.54) is 18.2 Å². The Morgan fingerprint density at radius 2 is 1.87 bits per heavy atom. The predicted octanol–water partition coefficient (Wildman–Crippen LogP) is 2.86. The summed E-state index contributed by atoms with van der Waals surface area (Å²) in [6.45, 7) is 0. The molecule has 0 aliphatic rings. The zero-order valence-electron chi connectivity index (χ0n) is 7.65. The molecule has 1 aromatic heterocycles. The van der Waals surface area contributed by atoms with E-state index in [1.54, 1.807) is 12.1 Å². The molecule has 0 aliphatic heterocycles. The molecule has 0 spiro atoms. The molecule has 0 amide bonds. The van der Waals surface area contributed by atoms with Gasteiger partial charge in [0.05, 0.1) is 0 Å². The summed E-state index contributed by atoms with van der Waals surface area (Å²) in [6, 6.07) is 7.32. The normalized spacial score (nSPS) is 10.9. The van der Waals surface area contributed by atoms with Crippen molar-refractivity contribution in [2.24, 2.45) is 0 Å². The van der Waals surface area contributed by atoms with Crippen molar-refractivity contribution >= 4 is 5.82 Å². The summed E-state index contributed by atoms with van der Waals surface area (Å²) < 4.78 is 29.4. The number of aromatic nitrogens is 1. The molecule has 0 bridgehead atoms. The minimum absolute atomic E-state index is 0.0220. The van der Waals surface area contributed by atoms with Crippen LogP contribution in [0.4, 0.5) is 14.6 Å². The average molecular weight is 210 g/mol. The highest BCUT2D eigenvalue weighted by atomic mass is 19.3. The Kier molecular flexibility index (Phi) is 2.37. The molecule has 0 fully saturated rings. The molecule has 1 heterocycles. The second-order valence-electron chi connectivity index (χ2n) is 3.04. The molecule has 2 N–H and O–H groups in total. The number of hydrogen-bond acceptors (Lipinski definition) is 3. The Morgan fingerprint density at radius 3 is 2.33 bits per heavy atom. The van der Waals surface area contributed by atoms with E-state index in [1.807, 2.05) is 0 Å². The SMILES string of the molecule is Nc1cc(-c2ccc(C(F)F)cc2)on1. The molecule has 2 rings (SSSR count). The first-order valence-electron chi connectivity index (χ1n) is 4.27. The lowest BCUT2D eigenvalue weighted by Gasteiger charge is -1.99. The van der Waals surface area contributed by atoms with Gasteiger partial charge in [-0.1, -0.05) is 29.4 Å². The van der Waals surface area contributed by atoms with Crippen molar-refractivity contribution < 1.29 is 13.3 Å². The van der Waals surface area contributed by atoms with Crippen LogP contribution in [0.2, 0.25) is 0 Å². The molecule has 2 aromatic rings. The fourth-order valence-corrected chi connectivity index (χ4v) is 1.22. The first-order chi connectivity index (χ1) is 7.16. The second-order valence-corrected chi connectivity index (χ2v) is 3.04. The van der Waals surface area contributed by atoms with E-state index < -0.39 is 6.43 Å². The van der Waals surface area contributed by atoms with E-state index >= 15 is 0 Å². The van der Waals surface area contributed by atoms with Gasteiger partial charge in [-0.2, -0.15) is 0 Å². The van der Waals surface area contributed by atoms with Gasteiger partial charge < -0.3 is 10.3 Å². The van der Waals surface area contributed by atoms with Gasteiger partial charge in [0.15, 0.2) is 11.6 Å². The van der Waals surface area contributed by atoms with Crippen molar-refractivity contribution in [2.75, 3.05) is 5.73 Å². The molecule has 5 heteroatoms. The third-order valence-corrected chi connectivity index (χ3v) is 1.98. The van der Waals surface area contributed by atoms with E-state index in [2.05, 4.69) is 5.16 Å². The Morgan fingerprint density at radius 1 is 1.20 bits per heavy atom. The van der Waals surface area contributed by atoms with E-state index in [9.17, 15) is 8.78 Å². The van der Waals surface area contributed by atoms with Crippen LogP contribution in [0.3, 0.4) is 0 Å². The van der Waals surface area contributed by atoms with Gasteiger partial charge in [-0.25, -0.2) is 8.78 Å². The number of anilines is 1. The number of halogens is 2. The number of nitrogens with two attached hydrogens (primary N) is 1. The fraction of sp³-hybridized carbons (Fsp3) is 0.100. The van der Waals surface area contributed by atoms with Gasteiger partial charge in [-0.3, -0.25) is 0 Å². The van der Waals surface area contributed by atoms with Crippen LogP contribution in [-0.2, 0) is 0 Å². The van der Waals surface area contributed by atoms with Crippen molar-refractivity contribution in [3.05, 3.63) is 35.9 Å². The van der Waals surface area contributed by atoms with Gasteiger partial charge in [0.25, 0.3) is 6.43 Å². The maximum absolute atomic E-state index is 12.2. The second kappa shape index (κ2) is 3.68. The number of hydrogen-bond donors (Lipinski definition) is 1. The van der Waals surface area contributed by atoms with Crippen LogP contribution in [0.25, 0.3) is 11.3 Å². The molecule has 0 unspecified atom stereocenters. The zero-order valence-corrected chi connectivity index (χ0v) is 7.65. The minimum atomic E-state index is -2.46. The highest BCUT2D eigenvalue weighted by Crippen LogP contribution is 2.24. The molecule has 0 radical (unpaired) electrons. The number of nitrogen functional groups attached to an aromatic ring is 1. The van der Waals surface area contributed by atoms with E-state index in [-0.39, 0.29) is 11.4 Å². The Hall–Kier alpha value is -1.91. The molecule has 1 aromatic carbocycles. The number of benzene rings is 1. The summed E-state index contributed by atoms with van der Waals surface area (Å²) >= 11 is 0. The number of nitrogens with zero attached hydrogens (tertiary/aromatic N) is 1. The summed E-state index contributed by atoms with van der Waals surface area (Å²) in [6.07, 6.45) is -2.46. The molecule has 0 atom stereocenters. The lowest BCUT2D eigenvalue weighted by Crippen LogP contribution is -1.83. The first kappa shape index (κ1) is 9.64. The molecule has 78 valence electrons. The topological polar surface area (TPSA) is 52.0 Å². The van der Waals surface area contributed by atoms with Crippen molar-refractivity contribution in [1.29, 1.82) is 0 Å². The number of alkyl halides is 2. The first-order valence-corrected chi connectivity index (χ1v) is 4.27. The van der Waals surface area contributed by atoms with Crippen LogP contribution in [0, 0.1) is 0 Å². The van der Waals surface area contributed by atoms with Crippen molar-refractivity contribution in [2.45, 2.75) is 6.43 Å². The van der Waals surface area contributed by atoms with Gasteiger partial charge in [0, 0.05) is 17.2 Å². The quantitative estimate of drug-likeness (QED) is 0.829. The number of rotatable bonds is 2. The summed E-state index contributed by atoms with van der Waals surface area (Å²) in [7, 11) is 0. The van der Waals surface area contributed by atoms with Crippen LogP contribution < -0.4 is 5.73 Å². The third-order valence-electron chi connectivity index (χ3n) is 1.98. The van der Waals surface area contributed by atoms with Crippen molar-refractivity contribution in [1.82, 2.24) is 5.16 Å². The van der Waals surface area contributed by atoms with E-state index in [4.69, 9.17) is 10.3 Å². The lowest BCUT2D eigenvalue weighted by atomic mass is 10.1. The van der Waals surface area contributed by atoms with E-state index in [0.717, 1.165) is 0 Å². The highest BCUT2D eigenvalue weighted by molar-refractivity contribution is 5.60. The Bertz CT molecular complexity index is 451. The largest absolute Gasteiger partial charge is 0.381 e. The summed E-state index contributed by atoms with van der Waals surface area (Å²) in [5.74, 6) is 0.733. The van der Waals surface area contributed by atoms with Crippen molar-refractivity contribution in [3.8, 4) is 11.3 Å². The van der Waals surface area contributed by atoms with Gasteiger partial charge in [-0.15, -0.1) is 0 Å². The van der Waals surface area contributed by atoms with Gasteiger partial charge in [0.2, 0.25) is 0 Å². The molecular formula is C10H8F2N2O. The molecular weight excluding hydrogens is 202 g/mol. The van der Waals surface area contributed by atoms with Crippen LogP contribution in [-0.4, -0.2) is 5.16 Å². The van der Waals surface area contributed by atoms with E-state index in [0.29, 0.717) is 11.3 Å². The van der Waals surface area contributed by atoms with Gasteiger partial charge in [0.1, 0.15) is 0 Å². The van der Waals surface area contributed by atoms with Gasteiger partial charge >= 0.3 is 0 Å². The smallest absolute Gasteiger partial charge is 0.263 e. The van der Waals surface area contributed by atoms with Crippen LogP contribution in [0.5, 0.6) is 0 Å². The maximum Gasteiger partial charge on any atom is 0.263 e. The fourth-order valence-electron chi connectivity index (χ4n) is 1.22. The molecule has 15 heavy (non-hydrogen) atoms. The summed E-state index contributed by atoms with van der Waals surface area (Å²) in [4.78, 5) is 0. The van der Waals surface area contributed by atoms with Crippen LogP contribution in [0.15, 0.2) is 34.9 Å². The predicted molar refractivity (Wildman–Crippen MR) is 51.3 cm³/mol. The Labute approximate surface area is 84.5 Å². The van der Waals surface area contributed by atoms with Gasteiger partial charge in [-0.05, 0) is 0 Å². The lowest BCUT2D eigenvalue weighted by molar-refractivity contribution is 0.151. The molecule has 0 saturated carbocycles. The summed E-state index contributed by atoms with van der Waals surface area (Å²) in [5.41, 5.74) is 6.02. The van der Waals surface area contributed by atoms with Crippen LogP contribution in [0.1, 0.15) is 12.0 Å². The zero-order chi connectivity index (χ0) is 10.8. The maximum atomic E-state index is 12.2. The third kappa shape index (κ3) is 1.96. The van der Waals surface area contributed by atoms with Crippen molar-refractivity contribution in [3.63, 3.8) is 0 Å². The standard InChI is InChI=1S/C10H8F2N2O/c11-10(12)7-3-1-6(2-4-7)8-5-9(13)14-15-8/h1-5,10H,(H2,13,14). The molecule has 3 nitrogen and oxygen atoms in total. The minimum Gasteiger partial charge on any atom is -0.381 e. The van der Waals surface area contributed by atoms with Crippen LogP contribution >= 0.6 is 0 Å². The molecule has 0 aliphatic carbocycles. The molecule has 0 saturated heterocycles. The highest BCUT2D eigenvalue weighted by Gasteiger charge is 2.08. The summed E-state index contributed by atoms with van der Waals surface area (Å²) in [5, 5.41) is 3.51. The monoisotopic (exact) mass is 210 g/mol.